The Balaban J connectivity index is 1.49. The first-order valence-electron chi connectivity index (χ1n) is 10.8. The molecule has 1 amide bonds. The highest BCUT2D eigenvalue weighted by molar-refractivity contribution is 7.99. The smallest absolute Gasteiger partial charge is 0.250 e. The van der Waals surface area contributed by atoms with E-state index in [4.69, 9.17) is 9.47 Å². The number of thioether (sulfide) groups is 1. The third-order valence-corrected chi connectivity index (χ3v) is 6.09. The van der Waals surface area contributed by atoms with E-state index < -0.39 is 0 Å². The van der Waals surface area contributed by atoms with Crippen molar-refractivity contribution in [2.45, 2.75) is 12.1 Å². The van der Waals surface area contributed by atoms with Crippen molar-refractivity contribution in [2.75, 3.05) is 20.0 Å². The predicted molar refractivity (Wildman–Crippen MR) is 137 cm³/mol. The van der Waals surface area contributed by atoms with Crippen molar-refractivity contribution in [1.82, 2.24) is 20.2 Å². The van der Waals surface area contributed by atoms with Gasteiger partial charge < -0.3 is 9.47 Å². The van der Waals surface area contributed by atoms with Gasteiger partial charge in [-0.25, -0.2) is 5.43 Å². The first-order chi connectivity index (χ1) is 17.1. The van der Waals surface area contributed by atoms with Crippen LogP contribution in [0.3, 0.4) is 0 Å². The van der Waals surface area contributed by atoms with E-state index in [9.17, 15) is 4.79 Å². The van der Waals surface area contributed by atoms with Crippen LogP contribution in [0.15, 0.2) is 89.1 Å². The normalized spacial score (nSPS) is 11.2. The number of carbonyl (C=O) groups excluding carboxylic acids is 1. The van der Waals surface area contributed by atoms with Crippen molar-refractivity contribution >= 4 is 23.4 Å². The monoisotopic (exact) mass is 487 g/mol. The largest absolute Gasteiger partial charge is 0.497 e. The fraction of sp³-hybridized carbons (Fsp3) is 0.154. The lowest BCUT2D eigenvalue weighted by Gasteiger charge is -2.11. The first-order valence-corrected chi connectivity index (χ1v) is 11.8. The molecular formula is C26H25N5O3S. The molecule has 1 N–H and O–H groups in total. The van der Waals surface area contributed by atoms with Crippen molar-refractivity contribution in [2.24, 2.45) is 5.10 Å². The fourth-order valence-electron chi connectivity index (χ4n) is 3.41. The highest BCUT2D eigenvalue weighted by atomic mass is 32.2. The average Bonchev–Trinajstić information content (AvgIpc) is 3.35. The molecule has 1 heterocycles. The van der Waals surface area contributed by atoms with Crippen molar-refractivity contribution in [3.63, 3.8) is 0 Å². The van der Waals surface area contributed by atoms with E-state index >= 15 is 0 Å². The molecular weight excluding hydrogens is 462 g/mol. The molecule has 0 aliphatic heterocycles. The van der Waals surface area contributed by atoms with Crippen molar-refractivity contribution in [3.05, 3.63) is 84.4 Å². The number of hydrogen-bond donors (Lipinski definition) is 1. The van der Waals surface area contributed by atoms with Crippen LogP contribution in [0.4, 0.5) is 0 Å². The van der Waals surface area contributed by atoms with Gasteiger partial charge in [-0.3, -0.25) is 9.36 Å². The maximum atomic E-state index is 12.6. The van der Waals surface area contributed by atoms with Crippen LogP contribution in [0.5, 0.6) is 11.5 Å². The number of benzene rings is 3. The molecule has 0 fully saturated rings. The molecule has 178 valence electrons. The minimum Gasteiger partial charge on any atom is -0.497 e. The van der Waals surface area contributed by atoms with E-state index in [0.717, 1.165) is 16.8 Å². The number of amides is 1. The SMILES string of the molecule is COc1ccc(/C(C)=N/NC(=O)CSc2nnc(-c3ccccc3)n2-c2ccccc2)c(OC)c1. The molecule has 0 aliphatic carbocycles. The lowest BCUT2D eigenvalue weighted by Crippen LogP contribution is -2.21. The summed E-state index contributed by atoms with van der Waals surface area (Å²) < 4.78 is 12.6. The number of aromatic nitrogens is 3. The van der Waals surface area contributed by atoms with Gasteiger partial charge in [0.15, 0.2) is 11.0 Å². The zero-order chi connectivity index (χ0) is 24.6. The van der Waals surface area contributed by atoms with Crippen LogP contribution < -0.4 is 14.9 Å². The molecule has 1 aromatic heterocycles. The molecule has 0 saturated heterocycles. The number of hydrogen-bond acceptors (Lipinski definition) is 7. The van der Waals surface area contributed by atoms with Crippen LogP contribution >= 0.6 is 11.8 Å². The molecule has 0 atom stereocenters. The van der Waals surface area contributed by atoms with E-state index in [1.165, 1.54) is 11.8 Å². The van der Waals surface area contributed by atoms with Gasteiger partial charge in [0.2, 0.25) is 0 Å². The standard InChI is InChI=1S/C26H25N5O3S/c1-18(22-15-14-21(33-2)16-23(22)34-3)27-28-24(32)17-35-26-30-29-25(19-10-6-4-7-11-19)31(26)20-12-8-5-9-13-20/h4-16H,17H2,1-3H3,(H,28,32)/b27-18+. The van der Waals surface area contributed by atoms with Crippen LogP contribution in [0.2, 0.25) is 0 Å². The van der Waals surface area contributed by atoms with E-state index in [1.807, 2.05) is 77.4 Å². The Labute approximate surface area is 208 Å². The molecule has 0 bridgehead atoms. The molecule has 35 heavy (non-hydrogen) atoms. The molecule has 9 heteroatoms. The number of methoxy groups -OCH3 is 2. The summed E-state index contributed by atoms with van der Waals surface area (Å²) in [5, 5.41) is 13.6. The predicted octanol–water partition coefficient (Wildman–Crippen LogP) is 4.58. The number of carbonyl (C=O) groups is 1. The maximum Gasteiger partial charge on any atom is 0.250 e. The number of para-hydroxylation sites is 1. The second kappa shape index (κ2) is 11.3. The van der Waals surface area contributed by atoms with Gasteiger partial charge >= 0.3 is 0 Å². The highest BCUT2D eigenvalue weighted by Crippen LogP contribution is 2.28. The second-order valence-electron chi connectivity index (χ2n) is 7.43. The Bertz CT molecular complexity index is 1320. The minimum atomic E-state index is -0.259. The summed E-state index contributed by atoms with van der Waals surface area (Å²) in [6.45, 7) is 1.80. The Morgan fingerprint density at radius 3 is 2.37 bits per heavy atom. The van der Waals surface area contributed by atoms with Gasteiger partial charge in [0.1, 0.15) is 11.5 Å². The first kappa shape index (κ1) is 24.0. The van der Waals surface area contributed by atoms with Crippen LogP contribution in [0.1, 0.15) is 12.5 Å². The molecule has 4 aromatic rings. The summed E-state index contributed by atoms with van der Waals surface area (Å²) in [6, 6.07) is 25.1. The molecule has 3 aromatic carbocycles. The Morgan fingerprint density at radius 2 is 1.69 bits per heavy atom. The number of hydrazone groups is 1. The van der Waals surface area contributed by atoms with Crippen molar-refractivity contribution < 1.29 is 14.3 Å². The fourth-order valence-corrected chi connectivity index (χ4v) is 4.16. The second-order valence-corrected chi connectivity index (χ2v) is 8.37. The summed E-state index contributed by atoms with van der Waals surface area (Å²) >= 11 is 1.29. The molecule has 0 unspecified atom stereocenters. The summed E-state index contributed by atoms with van der Waals surface area (Å²) in [5.74, 6) is 1.86. The van der Waals surface area contributed by atoms with Crippen LogP contribution in [0.25, 0.3) is 17.1 Å². The molecule has 0 aliphatic rings. The quantitative estimate of drug-likeness (QED) is 0.211. The van der Waals surface area contributed by atoms with E-state index in [1.54, 1.807) is 27.2 Å². The van der Waals surface area contributed by atoms with Gasteiger partial charge in [0, 0.05) is 22.9 Å². The van der Waals surface area contributed by atoms with Crippen molar-refractivity contribution in [3.8, 4) is 28.6 Å². The zero-order valence-electron chi connectivity index (χ0n) is 19.6. The number of nitrogens with one attached hydrogen (secondary N) is 1. The number of ether oxygens (including phenoxy) is 2. The summed E-state index contributed by atoms with van der Waals surface area (Å²) in [6.07, 6.45) is 0. The van der Waals surface area contributed by atoms with E-state index in [-0.39, 0.29) is 11.7 Å². The number of nitrogens with zero attached hydrogens (tertiary/aromatic N) is 4. The van der Waals surface area contributed by atoms with Gasteiger partial charge in [-0.15, -0.1) is 10.2 Å². The van der Waals surface area contributed by atoms with E-state index in [2.05, 4.69) is 20.7 Å². The molecule has 4 rings (SSSR count). The Kier molecular flexibility index (Phi) is 7.79. The Morgan fingerprint density at radius 1 is 0.971 bits per heavy atom. The van der Waals surface area contributed by atoms with Crippen LogP contribution in [0, 0.1) is 0 Å². The lowest BCUT2D eigenvalue weighted by molar-refractivity contribution is -0.118. The molecule has 0 radical (unpaired) electrons. The van der Waals surface area contributed by atoms with Crippen LogP contribution in [-0.2, 0) is 4.79 Å². The van der Waals surface area contributed by atoms with Gasteiger partial charge in [-0.05, 0) is 31.2 Å². The third kappa shape index (κ3) is 5.70. The maximum absolute atomic E-state index is 12.6. The third-order valence-electron chi connectivity index (χ3n) is 5.16. The molecule has 0 saturated carbocycles. The van der Waals surface area contributed by atoms with Gasteiger partial charge in [0.05, 0.1) is 25.7 Å². The topological polar surface area (TPSA) is 90.6 Å². The zero-order valence-corrected chi connectivity index (χ0v) is 20.5. The van der Waals surface area contributed by atoms with Gasteiger partial charge in [-0.2, -0.15) is 5.10 Å². The molecule has 0 spiro atoms. The molecule has 8 nitrogen and oxygen atoms in total. The summed E-state index contributed by atoms with van der Waals surface area (Å²) in [5.41, 5.74) is 5.84. The highest BCUT2D eigenvalue weighted by Gasteiger charge is 2.17. The lowest BCUT2D eigenvalue weighted by atomic mass is 10.1. The van der Waals surface area contributed by atoms with Crippen LogP contribution in [-0.4, -0.2) is 46.4 Å². The van der Waals surface area contributed by atoms with Gasteiger partial charge in [-0.1, -0.05) is 60.3 Å². The van der Waals surface area contributed by atoms with Gasteiger partial charge in [0.25, 0.3) is 5.91 Å². The summed E-state index contributed by atoms with van der Waals surface area (Å²) in [4.78, 5) is 12.6. The van der Waals surface area contributed by atoms with Crippen molar-refractivity contribution in [1.29, 1.82) is 0 Å². The minimum absolute atomic E-state index is 0.121. The van der Waals surface area contributed by atoms with E-state index in [0.29, 0.717) is 28.2 Å². The summed E-state index contributed by atoms with van der Waals surface area (Å²) in [7, 11) is 3.17. The Hall–Kier alpha value is -4.11. The average molecular weight is 488 g/mol. The number of rotatable bonds is 9.